The van der Waals surface area contributed by atoms with Crippen LogP contribution < -0.4 is 15.4 Å². The van der Waals surface area contributed by atoms with Crippen molar-refractivity contribution in [3.8, 4) is 5.75 Å². The minimum Gasteiger partial charge on any atom is -0.497 e. The minimum atomic E-state index is 0.153. The molecule has 2 rings (SSSR count). The number of methoxy groups -OCH3 is 1. The van der Waals surface area contributed by atoms with Crippen LogP contribution in [0.5, 0.6) is 5.75 Å². The summed E-state index contributed by atoms with van der Waals surface area (Å²) >= 11 is 0. The third kappa shape index (κ3) is 3.38. The molecular weight excluding hydrogens is 252 g/mol. The number of rotatable bonds is 5. The number of nitrogens with one attached hydrogen (secondary N) is 2. The molecule has 0 bridgehead atoms. The fourth-order valence-electron chi connectivity index (χ4n) is 1.95. The van der Waals surface area contributed by atoms with Gasteiger partial charge in [0.05, 0.1) is 7.11 Å². The number of aromatic nitrogens is 2. The van der Waals surface area contributed by atoms with E-state index < -0.39 is 0 Å². The Bertz CT molecular complexity index is 569. The van der Waals surface area contributed by atoms with Crippen molar-refractivity contribution in [2.45, 2.75) is 19.9 Å². The van der Waals surface area contributed by atoms with Crippen LogP contribution >= 0.6 is 0 Å². The predicted octanol–water partition coefficient (Wildman–Crippen LogP) is 3.01. The van der Waals surface area contributed by atoms with Crippen molar-refractivity contribution in [2.24, 2.45) is 0 Å². The molecule has 0 amide bonds. The Kier molecular flexibility index (Phi) is 4.40. The van der Waals surface area contributed by atoms with Crippen LogP contribution in [0.4, 0.5) is 11.8 Å². The number of nitrogens with zero attached hydrogens (tertiary/aromatic N) is 2. The number of ether oxygens (including phenoxy) is 1. The van der Waals surface area contributed by atoms with Crippen molar-refractivity contribution >= 4 is 11.8 Å². The van der Waals surface area contributed by atoms with E-state index in [-0.39, 0.29) is 6.04 Å². The van der Waals surface area contributed by atoms with E-state index in [1.165, 1.54) is 5.56 Å². The molecule has 106 valence electrons. The molecule has 0 saturated carbocycles. The van der Waals surface area contributed by atoms with E-state index >= 15 is 0 Å². The van der Waals surface area contributed by atoms with E-state index in [0.29, 0.717) is 5.95 Å². The van der Waals surface area contributed by atoms with Gasteiger partial charge in [-0.25, -0.2) is 4.98 Å². The van der Waals surface area contributed by atoms with Crippen LogP contribution in [0.1, 0.15) is 24.2 Å². The number of aryl methyl sites for hydroxylation is 1. The summed E-state index contributed by atoms with van der Waals surface area (Å²) in [7, 11) is 3.48. The molecule has 0 aliphatic carbocycles. The summed E-state index contributed by atoms with van der Waals surface area (Å²) in [5.41, 5.74) is 2.10. The molecule has 2 aromatic rings. The van der Waals surface area contributed by atoms with E-state index in [0.717, 1.165) is 17.3 Å². The first-order chi connectivity index (χ1) is 9.62. The van der Waals surface area contributed by atoms with Crippen LogP contribution in [0.25, 0.3) is 0 Å². The summed E-state index contributed by atoms with van der Waals surface area (Å²) in [6, 6.07) is 10.1. The lowest BCUT2D eigenvalue weighted by Crippen LogP contribution is -2.10. The number of hydrogen-bond donors (Lipinski definition) is 2. The molecule has 1 unspecified atom stereocenters. The van der Waals surface area contributed by atoms with E-state index in [1.54, 1.807) is 7.11 Å². The van der Waals surface area contributed by atoms with Gasteiger partial charge in [0.1, 0.15) is 11.6 Å². The van der Waals surface area contributed by atoms with Gasteiger partial charge in [-0.05, 0) is 31.5 Å². The zero-order valence-electron chi connectivity index (χ0n) is 12.3. The van der Waals surface area contributed by atoms with E-state index in [4.69, 9.17) is 4.74 Å². The minimum absolute atomic E-state index is 0.153. The molecule has 1 atom stereocenters. The van der Waals surface area contributed by atoms with E-state index in [2.05, 4.69) is 27.5 Å². The fraction of sp³-hybridized carbons (Fsp3) is 0.333. The summed E-state index contributed by atoms with van der Waals surface area (Å²) in [5.74, 6) is 2.29. The van der Waals surface area contributed by atoms with Crippen LogP contribution in [0.2, 0.25) is 0 Å². The van der Waals surface area contributed by atoms with Crippen LogP contribution in [-0.2, 0) is 0 Å². The molecule has 0 spiro atoms. The zero-order chi connectivity index (χ0) is 14.5. The molecule has 2 N–H and O–H groups in total. The standard InChI is InChI=1S/C15H20N4O/c1-10-9-14(19-15(16-3)17-10)18-11(2)12-5-7-13(20-4)8-6-12/h5-9,11H,1-4H3,(H2,16,17,18,19). The van der Waals surface area contributed by atoms with Gasteiger partial charge in [-0.15, -0.1) is 0 Å². The molecule has 1 aromatic heterocycles. The lowest BCUT2D eigenvalue weighted by molar-refractivity contribution is 0.414. The van der Waals surface area contributed by atoms with Crippen molar-refractivity contribution in [1.82, 2.24) is 9.97 Å². The Labute approximate surface area is 119 Å². The summed E-state index contributed by atoms with van der Waals surface area (Å²) in [4.78, 5) is 8.67. The molecule has 0 saturated heterocycles. The van der Waals surface area contributed by atoms with E-state index in [1.807, 2.05) is 44.3 Å². The average molecular weight is 272 g/mol. The van der Waals surface area contributed by atoms with Crippen molar-refractivity contribution in [3.05, 3.63) is 41.6 Å². The summed E-state index contributed by atoms with van der Waals surface area (Å²) in [6.07, 6.45) is 0. The quantitative estimate of drug-likeness (QED) is 0.876. The second-order valence-electron chi connectivity index (χ2n) is 4.61. The normalized spacial score (nSPS) is 11.8. The van der Waals surface area contributed by atoms with Crippen LogP contribution in [0, 0.1) is 6.92 Å². The maximum Gasteiger partial charge on any atom is 0.224 e. The number of hydrogen-bond acceptors (Lipinski definition) is 5. The first kappa shape index (κ1) is 14.1. The van der Waals surface area contributed by atoms with Gasteiger partial charge in [0.15, 0.2) is 0 Å². The first-order valence-electron chi connectivity index (χ1n) is 6.56. The Morgan fingerprint density at radius 1 is 1.15 bits per heavy atom. The zero-order valence-corrected chi connectivity index (χ0v) is 12.3. The van der Waals surface area contributed by atoms with Gasteiger partial charge in [-0.3, -0.25) is 0 Å². The smallest absolute Gasteiger partial charge is 0.224 e. The van der Waals surface area contributed by atoms with Crippen LogP contribution in [-0.4, -0.2) is 24.1 Å². The largest absolute Gasteiger partial charge is 0.497 e. The highest BCUT2D eigenvalue weighted by molar-refractivity contribution is 5.44. The van der Waals surface area contributed by atoms with Crippen LogP contribution in [0.15, 0.2) is 30.3 Å². The van der Waals surface area contributed by atoms with Crippen molar-refractivity contribution in [3.63, 3.8) is 0 Å². The highest BCUT2D eigenvalue weighted by Gasteiger charge is 2.08. The molecule has 5 heteroatoms. The number of benzene rings is 1. The van der Waals surface area contributed by atoms with Gasteiger partial charge < -0.3 is 15.4 Å². The van der Waals surface area contributed by atoms with Gasteiger partial charge in [0.25, 0.3) is 0 Å². The second kappa shape index (κ2) is 6.23. The maximum absolute atomic E-state index is 5.16. The molecule has 0 aliphatic rings. The second-order valence-corrected chi connectivity index (χ2v) is 4.61. The third-order valence-corrected chi connectivity index (χ3v) is 3.06. The molecule has 20 heavy (non-hydrogen) atoms. The molecule has 5 nitrogen and oxygen atoms in total. The summed E-state index contributed by atoms with van der Waals surface area (Å²) in [5, 5.41) is 6.34. The third-order valence-electron chi connectivity index (χ3n) is 3.06. The Balaban J connectivity index is 2.13. The Morgan fingerprint density at radius 3 is 2.45 bits per heavy atom. The highest BCUT2D eigenvalue weighted by Crippen LogP contribution is 2.21. The topological polar surface area (TPSA) is 59.1 Å². The molecule has 0 fully saturated rings. The predicted molar refractivity (Wildman–Crippen MR) is 81.3 cm³/mol. The Hall–Kier alpha value is -2.30. The lowest BCUT2D eigenvalue weighted by atomic mass is 10.1. The molecule has 0 radical (unpaired) electrons. The fourth-order valence-corrected chi connectivity index (χ4v) is 1.95. The highest BCUT2D eigenvalue weighted by atomic mass is 16.5. The molecule has 1 aromatic carbocycles. The van der Waals surface area contributed by atoms with Crippen LogP contribution in [0.3, 0.4) is 0 Å². The molecule has 1 heterocycles. The van der Waals surface area contributed by atoms with Gasteiger partial charge in [-0.1, -0.05) is 12.1 Å². The monoisotopic (exact) mass is 272 g/mol. The SMILES string of the molecule is CNc1nc(C)cc(NC(C)c2ccc(OC)cc2)n1. The Morgan fingerprint density at radius 2 is 1.85 bits per heavy atom. The lowest BCUT2D eigenvalue weighted by Gasteiger charge is -2.16. The first-order valence-corrected chi connectivity index (χ1v) is 6.56. The van der Waals surface area contributed by atoms with Gasteiger partial charge in [0, 0.05) is 24.8 Å². The molecular formula is C15H20N4O. The van der Waals surface area contributed by atoms with E-state index in [9.17, 15) is 0 Å². The van der Waals surface area contributed by atoms with Gasteiger partial charge in [-0.2, -0.15) is 4.98 Å². The van der Waals surface area contributed by atoms with Crippen molar-refractivity contribution in [1.29, 1.82) is 0 Å². The van der Waals surface area contributed by atoms with Gasteiger partial charge >= 0.3 is 0 Å². The van der Waals surface area contributed by atoms with Crippen molar-refractivity contribution < 1.29 is 4.74 Å². The summed E-state index contributed by atoms with van der Waals surface area (Å²) < 4.78 is 5.16. The summed E-state index contributed by atoms with van der Waals surface area (Å²) in [6.45, 7) is 4.05. The molecule has 0 aliphatic heterocycles. The number of anilines is 2. The maximum atomic E-state index is 5.16. The average Bonchev–Trinajstić information content (AvgIpc) is 2.46. The van der Waals surface area contributed by atoms with Gasteiger partial charge in [0.2, 0.25) is 5.95 Å². The van der Waals surface area contributed by atoms with Crippen molar-refractivity contribution in [2.75, 3.05) is 24.8 Å².